The minimum atomic E-state index is -1.44. The zero-order chi connectivity index (χ0) is 22.1. The molecule has 4 rings (SSSR count). The average Bonchev–Trinajstić information content (AvgIpc) is 3.06. The van der Waals surface area contributed by atoms with Crippen molar-refractivity contribution >= 4 is 5.69 Å². The smallest absolute Gasteiger partial charge is 0.333 e. The van der Waals surface area contributed by atoms with E-state index in [9.17, 15) is 24.9 Å². The number of pyridine rings is 1. The fourth-order valence-corrected chi connectivity index (χ4v) is 3.56. The van der Waals surface area contributed by atoms with E-state index in [2.05, 4.69) is 4.98 Å². The highest BCUT2D eigenvalue weighted by Gasteiger charge is 2.43. The summed E-state index contributed by atoms with van der Waals surface area (Å²) in [4.78, 5) is 29.6. The van der Waals surface area contributed by atoms with Crippen LogP contribution in [0.5, 0.6) is 0 Å². The number of anilines is 1. The van der Waals surface area contributed by atoms with Crippen molar-refractivity contribution in [3.05, 3.63) is 81.4 Å². The third-order valence-electron chi connectivity index (χ3n) is 5.27. The SMILES string of the molecule is Nc1ccc(-c2ccnc(Cn3c(=O)ccn([C@@H]4O[C@H](CO)C(O)C4O)c3=O)c2)cc1. The molecule has 3 aromatic rings. The van der Waals surface area contributed by atoms with E-state index in [0.29, 0.717) is 11.4 Å². The average molecular weight is 426 g/mol. The Hall–Kier alpha value is -3.31. The Morgan fingerprint density at radius 3 is 2.45 bits per heavy atom. The molecule has 1 aliphatic rings. The highest BCUT2D eigenvalue weighted by Crippen LogP contribution is 2.28. The molecule has 0 radical (unpaired) electrons. The second kappa shape index (κ2) is 8.44. The minimum absolute atomic E-state index is 0.101. The van der Waals surface area contributed by atoms with Crippen LogP contribution in [0.1, 0.15) is 11.9 Å². The van der Waals surface area contributed by atoms with Crippen molar-refractivity contribution in [1.82, 2.24) is 14.1 Å². The largest absolute Gasteiger partial charge is 0.399 e. The zero-order valence-electron chi connectivity index (χ0n) is 16.4. The number of rotatable bonds is 5. The van der Waals surface area contributed by atoms with Crippen molar-refractivity contribution in [2.75, 3.05) is 12.3 Å². The van der Waals surface area contributed by atoms with Gasteiger partial charge in [-0.2, -0.15) is 0 Å². The van der Waals surface area contributed by atoms with Crippen LogP contribution in [0.4, 0.5) is 5.69 Å². The molecule has 31 heavy (non-hydrogen) atoms. The van der Waals surface area contributed by atoms with Gasteiger partial charge in [-0.05, 0) is 35.4 Å². The van der Waals surface area contributed by atoms with Gasteiger partial charge >= 0.3 is 5.69 Å². The highest BCUT2D eigenvalue weighted by molar-refractivity contribution is 5.65. The Bertz CT molecular complexity index is 1190. The molecular formula is C21H22N4O6. The molecule has 10 heteroatoms. The van der Waals surface area contributed by atoms with Gasteiger partial charge in [0, 0.05) is 24.1 Å². The molecule has 4 atom stereocenters. The summed E-state index contributed by atoms with van der Waals surface area (Å²) in [5, 5.41) is 29.4. The maximum atomic E-state index is 13.0. The van der Waals surface area contributed by atoms with E-state index in [1.165, 1.54) is 12.3 Å². The minimum Gasteiger partial charge on any atom is -0.399 e. The number of hydrogen-bond acceptors (Lipinski definition) is 8. The van der Waals surface area contributed by atoms with E-state index in [4.69, 9.17) is 10.5 Å². The van der Waals surface area contributed by atoms with Crippen LogP contribution in [0.2, 0.25) is 0 Å². The second-order valence-electron chi connectivity index (χ2n) is 7.32. The maximum Gasteiger partial charge on any atom is 0.333 e. The van der Waals surface area contributed by atoms with E-state index >= 15 is 0 Å². The molecule has 10 nitrogen and oxygen atoms in total. The number of nitrogen functional groups attached to an aromatic ring is 1. The van der Waals surface area contributed by atoms with Gasteiger partial charge < -0.3 is 25.8 Å². The van der Waals surface area contributed by atoms with Gasteiger partial charge in [-0.25, -0.2) is 4.79 Å². The van der Waals surface area contributed by atoms with Crippen LogP contribution in [0.3, 0.4) is 0 Å². The van der Waals surface area contributed by atoms with Crippen LogP contribution < -0.4 is 17.0 Å². The molecule has 5 N–H and O–H groups in total. The summed E-state index contributed by atoms with van der Waals surface area (Å²) in [6.45, 7) is -0.624. The standard InChI is InChI=1S/C21H22N4O6/c22-14-3-1-12(2-4-14)13-5-7-23-15(9-13)10-25-17(27)6-8-24(21(25)30)20-19(29)18(28)16(11-26)31-20/h1-9,16,18-20,26,28-29H,10-11,22H2/t16-,18?,19?,20-/m1/s1. The van der Waals surface area contributed by atoms with Crippen molar-refractivity contribution in [1.29, 1.82) is 0 Å². The third kappa shape index (κ3) is 4.01. The predicted octanol–water partition coefficient (Wildman–Crippen LogP) is -0.686. The van der Waals surface area contributed by atoms with E-state index in [-0.39, 0.29) is 6.54 Å². The molecule has 1 saturated heterocycles. The van der Waals surface area contributed by atoms with Gasteiger partial charge in [0.05, 0.1) is 18.8 Å². The molecule has 2 unspecified atom stereocenters. The fourth-order valence-electron chi connectivity index (χ4n) is 3.56. The van der Waals surface area contributed by atoms with Gasteiger partial charge in [-0.15, -0.1) is 0 Å². The Balaban J connectivity index is 1.66. The van der Waals surface area contributed by atoms with E-state index in [1.807, 2.05) is 12.1 Å². The lowest BCUT2D eigenvalue weighted by Gasteiger charge is -2.18. The van der Waals surface area contributed by atoms with Gasteiger partial charge in [0.15, 0.2) is 6.23 Å². The Morgan fingerprint density at radius 2 is 1.77 bits per heavy atom. The normalized spacial score (nSPS) is 23.2. The van der Waals surface area contributed by atoms with Gasteiger partial charge in [0.2, 0.25) is 0 Å². The first kappa shape index (κ1) is 20.9. The Kier molecular flexibility index (Phi) is 5.70. The van der Waals surface area contributed by atoms with Crippen LogP contribution >= 0.6 is 0 Å². The summed E-state index contributed by atoms with van der Waals surface area (Å²) in [5.41, 5.74) is 7.31. The molecule has 0 amide bonds. The molecule has 0 aliphatic carbocycles. The predicted molar refractivity (Wildman–Crippen MR) is 111 cm³/mol. The lowest BCUT2D eigenvalue weighted by atomic mass is 10.1. The van der Waals surface area contributed by atoms with Gasteiger partial charge in [-0.1, -0.05) is 12.1 Å². The molecule has 1 fully saturated rings. The van der Waals surface area contributed by atoms with Crippen LogP contribution in [-0.2, 0) is 11.3 Å². The maximum absolute atomic E-state index is 13.0. The van der Waals surface area contributed by atoms with E-state index < -0.39 is 42.4 Å². The zero-order valence-corrected chi connectivity index (χ0v) is 16.4. The third-order valence-corrected chi connectivity index (χ3v) is 5.27. The lowest BCUT2D eigenvalue weighted by molar-refractivity contribution is -0.0555. The Labute approximate surface area is 176 Å². The number of aromatic nitrogens is 3. The molecule has 1 aromatic carbocycles. The van der Waals surface area contributed by atoms with Crippen LogP contribution in [-0.4, -0.2) is 54.4 Å². The summed E-state index contributed by atoms with van der Waals surface area (Å²) < 4.78 is 7.39. The van der Waals surface area contributed by atoms with Crippen LogP contribution in [0.25, 0.3) is 11.1 Å². The van der Waals surface area contributed by atoms with E-state index in [0.717, 1.165) is 20.3 Å². The first-order valence-corrected chi connectivity index (χ1v) is 9.64. The number of nitrogens with zero attached hydrogens (tertiary/aromatic N) is 3. The first-order valence-electron chi connectivity index (χ1n) is 9.64. The molecule has 1 aliphatic heterocycles. The van der Waals surface area contributed by atoms with E-state index in [1.54, 1.807) is 30.5 Å². The number of nitrogens with two attached hydrogens (primary N) is 1. The molecule has 0 bridgehead atoms. The highest BCUT2D eigenvalue weighted by atomic mass is 16.6. The second-order valence-corrected chi connectivity index (χ2v) is 7.32. The number of ether oxygens (including phenoxy) is 1. The number of aliphatic hydroxyl groups is 3. The summed E-state index contributed by atoms with van der Waals surface area (Å²) in [5.74, 6) is 0. The summed E-state index contributed by atoms with van der Waals surface area (Å²) in [6.07, 6.45) is -2.29. The quantitative estimate of drug-likeness (QED) is 0.391. The molecule has 2 aromatic heterocycles. The number of benzene rings is 1. The van der Waals surface area contributed by atoms with Crippen molar-refractivity contribution in [2.45, 2.75) is 31.1 Å². The summed E-state index contributed by atoms with van der Waals surface area (Å²) >= 11 is 0. The first-order chi connectivity index (χ1) is 14.9. The fraction of sp³-hybridized carbons (Fsp3) is 0.286. The Morgan fingerprint density at radius 1 is 1.03 bits per heavy atom. The molecule has 3 heterocycles. The molecule has 0 spiro atoms. The van der Waals surface area contributed by atoms with Gasteiger partial charge in [-0.3, -0.25) is 18.9 Å². The summed E-state index contributed by atoms with van der Waals surface area (Å²) in [7, 11) is 0. The number of hydrogen-bond donors (Lipinski definition) is 4. The van der Waals surface area contributed by atoms with Crippen molar-refractivity contribution in [2.24, 2.45) is 0 Å². The molecule has 162 valence electrons. The van der Waals surface area contributed by atoms with Gasteiger partial charge in [0.25, 0.3) is 5.56 Å². The van der Waals surface area contributed by atoms with Crippen molar-refractivity contribution in [3.63, 3.8) is 0 Å². The van der Waals surface area contributed by atoms with Crippen LogP contribution in [0, 0.1) is 0 Å². The monoisotopic (exact) mass is 426 g/mol. The molecular weight excluding hydrogens is 404 g/mol. The van der Waals surface area contributed by atoms with Crippen molar-refractivity contribution in [3.8, 4) is 11.1 Å². The number of aliphatic hydroxyl groups excluding tert-OH is 3. The van der Waals surface area contributed by atoms with Crippen LogP contribution in [0.15, 0.2) is 64.4 Å². The lowest BCUT2D eigenvalue weighted by Crippen LogP contribution is -2.43. The summed E-state index contributed by atoms with van der Waals surface area (Å²) in [6, 6.07) is 12.0. The van der Waals surface area contributed by atoms with Crippen molar-refractivity contribution < 1.29 is 20.1 Å². The van der Waals surface area contributed by atoms with Gasteiger partial charge in [0.1, 0.15) is 18.3 Å². The topological polar surface area (TPSA) is 153 Å². The molecule has 0 saturated carbocycles.